The maximum absolute atomic E-state index is 13.8. The molecule has 6 rings (SSSR count). The number of aromatic nitrogens is 1. The Bertz CT molecular complexity index is 1620. The molecule has 2 aliphatic heterocycles. The van der Waals surface area contributed by atoms with Crippen molar-refractivity contribution in [2.45, 2.75) is 31.8 Å². The molecule has 2 aliphatic rings. The molecule has 4 aromatic rings. The van der Waals surface area contributed by atoms with Crippen LogP contribution < -0.4 is 10.7 Å². The minimum atomic E-state index is -0.699. The Kier molecular flexibility index (Phi) is 10.1. The van der Waals surface area contributed by atoms with Crippen LogP contribution in [0.1, 0.15) is 32.5 Å². The van der Waals surface area contributed by atoms with Gasteiger partial charge in [0, 0.05) is 61.9 Å². The fourth-order valence-electron chi connectivity index (χ4n) is 5.80. The highest BCUT2D eigenvalue weighted by atomic mass is 35.5. The highest BCUT2D eigenvalue weighted by Crippen LogP contribution is 2.29. The van der Waals surface area contributed by atoms with Crippen LogP contribution in [0.3, 0.4) is 0 Å². The number of thiophene rings is 1. The van der Waals surface area contributed by atoms with Crippen LogP contribution in [-0.4, -0.2) is 84.0 Å². The number of nitrogens with zero attached hydrogens (tertiary/aromatic N) is 3. The van der Waals surface area contributed by atoms with Crippen molar-refractivity contribution in [3.63, 3.8) is 0 Å². The van der Waals surface area contributed by atoms with Crippen LogP contribution >= 0.6 is 22.9 Å². The molecule has 0 spiro atoms. The molecule has 11 heteroatoms. The fourth-order valence-corrected chi connectivity index (χ4v) is 7.11. The number of ether oxygens (including phenoxy) is 2. The van der Waals surface area contributed by atoms with Crippen molar-refractivity contribution in [3.05, 3.63) is 104 Å². The third-order valence-electron chi connectivity index (χ3n) is 8.32. The number of rotatable bonds is 10. The van der Waals surface area contributed by atoms with Gasteiger partial charge in [-0.1, -0.05) is 54.1 Å². The Hall–Kier alpha value is -3.09. The summed E-state index contributed by atoms with van der Waals surface area (Å²) in [5.74, 6) is -0.404. The number of pyridine rings is 1. The predicted molar refractivity (Wildman–Crippen MR) is 172 cm³/mol. The zero-order valence-corrected chi connectivity index (χ0v) is 26.1. The first kappa shape index (κ1) is 30.9. The van der Waals surface area contributed by atoms with E-state index in [4.69, 9.17) is 21.1 Å². The van der Waals surface area contributed by atoms with Crippen molar-refractivity contribution in [2.24, 2.45) is 0 Å². The lowest BCUT2D eigenvalue weighted by atomic mass is 10.0. The van der Waals surface area contributed by atoms with E-state index in [2.05, 4.69) is 15.1 Å². The van der Waals surface area contributed by atoms with Crippen molar-refractivity contribution in [3.8, 4) is 0 Å². The Balaban J connectivity index is 1.27. The van der Waals surface area contributed by atoms with Gasteiger partial charge >= 0.3 is 0 Å². The van der Waals surface area contributed by atoms with E-state index in [1.54, 1.807) is 29.7 Å². The molecule has 0 saturated carbocycles. The third-order valence-corrected chi connectivity index (χ3v) is 9.72. The van der Waals surface area contributed by atoms with Gasteiger partial charge in [-0.3, -0.25) is 19.4 Å². The van der Waals surface area contributed by atoms with Crippen LogP contribution in [0.5, 0.6) is 0 Å². The number of fused-ring (bicyclic) bond motifs is 1. The number of amides is 1. The molecule has 9 nitrogen and oxygen atoms in total. The quantitative estimate of drug-likeness (QED) is 0.273. The van der Waals surface area contributed by atoms with Crippen molar-refractivity contribution >= 4 is 39.1 Å². The third kappa shape index (κ3) is 7.24. The van der Waals surface area contributed by atoms with Crippen molar-refractivity contribution in [1.82, 2.24) is 19.7 Å². The number of carbonyl (C=O) groups is 1. The number of carbonyl (C=O) groups excluding carboxylic acids is 1. The average molecular weight is 637 g/mol. The van der Waals surface area contributed by atoms with Gasteiger partial charge in [0.2, 0.25) is 5.43 Å². The topological polar surface area (TPSA) is 96.3 Å². The zero-order valence-electron chi connectivity index (χ0n) is 24.5. The summed E-state index contributed by atoms with van der Waals surface area (Å²) in [4.78, 5) is 33.5. The van der Waals surface area contributed by atoms with E-state index in [1.807, 2.05) is 53.1 Å². The summed E-state index contributed by atoms with van der Waals surface area (Å²) in [6.07, 6.45) is 1.01. The van der Waals surface area contributed by atoms with Crippen LogP contribution in [0.15, 0.2) is 71.7 Å². The van der Waals surface area contributed by atoms with E-state index in [0.29, 0.717) is 56.5 Å². The fraction of sp³-hybridized carbons (Fsp3) is 0.394. The Morgan fingerprint density at radius 3 is 2.55 bits per heavy atom. The van der Waals surface area contributed by atoms with Crippen LogP contribution in [0.25, 0.3) is 10.2 Å². The van der Waals surface area contributed by atoms with Crippen LogP contribution in [0, 0.1) is 0 Å². The molecule has 1 amide bonds. The standard InChI is InChI=1S/C33H37ClN4O5S/c34-25-8-6-23(7-9-25)19-35-32(41)28-21-38(11-10-36-12-15-42-16-13-36)33-27(31(28)40)18-26(44-33)20-37-14-17-43-22-29(37)30(39)24-4-2-1-3-5-24/h1-9,18,21,29-30,39H,10-17,19-20,22H2,(H,35,41)/t29?,30-/m0/s1. The molecule has 0 bridgehead atoms. The maximum atomic E-state index is 13.8. The monoisotopic (exact) mass is 636 g/mol. The lowest BCUT2D eigenvalue weighted by Crippen LogP contribution is -2.48. The second-order valence-corrected chi connectivity index (χ2v) is 12.8. The molecule has 0 aliphatic carbocycles. The van der Waals surface area contributed by atoms with E-state index in [0.717, 1.165) is 40.5 Å². The first-order valence-corrected chi connectivity index (χ1v) is 16.2. The lowest BCUT2D eigenvalue weighted by molar-refractivity contribution is -0.0629. The molecule has 2 atom stereocenters. The molecule has 44 heavy (non-hydrogen) atoms. The first-order chi connectivity index (χ1) is 21.5. The number of morpholine rings is 2. The maximum Gasteiger partial charge on any atom is 0.257 e. The second-order valence-electron chi connectivity index (χ2n) is 11.2. The van der Waals surface area contributed by atoms with Gasteiger partial charge in [-0.2, -0.15) is 0 Å². The van der Waals surface area contributed by atoms with Gasteiger partial charge in [0.05, 0.1) is 44.0 Å². The molecule has 2 aromatic carbocycles. The Morgan fingerprint density at radius 1 is 1.02 bits per heavy atom. The molecule has 4 heterocycles. The number of nitrogens with one attached hydrogen (secondary N) is 1. The van der Waals surface area contributed by atoms with Crippen molar-refractivity contribution < 1.29 is 19.4 Å². The van der Waals surface area contributed by atoms with Crippen LogP contribution in [0.4, 0.5) is 0 Å². The lowest BCUT2D eigenvalue weighted by Gasteiger charge is -2.38. The molecule has 1 unspecified atom stereocenters. The molecule has 2 N–H and O–H groups in total. The molecular formula is C33H37ClN4O5S. The number of hydrogen-bond donors (Lipinski definition) is 2. The van der Waals surface area contributed by atoms with Gasteiger partial charge in [0.15, 0.2) is 0 Å². The number of halogens is 1. The first-order valence-electron chi connectivity index (χ1n) is 15.0. The van der Waals surface area contributed by atoms with Crippen LogP contribution in [0.2, 0.25) is 5.02 Å². The summed E-state index contributed by atoms with van der Waals surface area (Å²) in [6.45, 7) is 7.08. The van der Waals surface area contributed by atoms with E-state index >= 15 is 0 Å². The average Bonchev–Trinajstić information content (AvgIpc) is 3.49. The van der Waals surface area contributed by atoms with Gasteiger partial charge < -0.3 is 24.5 Å². The number of aliphatic hydroxyl groups is 1. The minimum Gasteiger partial charge on any atom is -0.387 e. The van der Waals surface area contributed by atoms with Gasteiger partial charge in [-0.15, -0.1) is 11.3 Å². The molecule has 232 valence electrons. The molecule has 2 aromatic heterocycles. The zero-order chi connectivity index (χ0) is 30.5. The highest BCUT2D eigenvalue weighted by molar-refractivity contribution is 7.18. The number of hydrogen-bond acceptors (Lipinski definition) is 8. The van der Waals surface area contributed by atoms with E-state index in [9.17, 15) is 14.7 Å². The molecular weight excluding hydrogens is 600 g/mol. The van der Waals surface area contributed by atoms with Gasteiger partial charge in [-0.05, 0) is 29.3 Å². The summed E-state index contributed by atoms with van der Waals surface area (Å²) < 4.78 is 13.3. The normalized spacial score (nSPS) is 18.8. The highest BCUT2D eigenvalue weighted by Gasteiger charge is 2.31. The largest absolute Gasteiger partial charge is 0.387 e. The molecule has 2 saturated heterocycles. The summed E-state index contributed by atoms with van der Waals surface area (Å²) in [7, 11) is 0. The van der Waals surface area contributed by atoms with Crippen molar-refractivity contribution in [1.29, 1.82) is 0 Å². The summed E-state index contributed by atoms with van der Waals surface area (Å²) in [5, 5.41) is 15.3. The molecule has 2 fully saturated rings. The number of benzene rings is 2. The van der Waals surface area contributed by atoms with E-state index < -0.39 is 12.0 Å². The number of aliphatic hydroxyl groups excluding tert-OH is 1. The van der Waals surface area contributed by atoms with Gasteiger partial charge in [0.1, 0.15) is 10.4 Å². The van der Waals surface area contributed by atoms with Gasteiger partial charge in [-0.25, -0.2) is 0 Å². The summed E-state index contributed by atoms with van der Waals surface area (Å²) in [6, 6.07) is 18.6. The van der Waals surface area contributed by atoms with Crippen molar-refractivity contribution in [2.75, 3.05) is 52.6 Å². The Labute approximate surface area is 265 Å². The SMILES string of the molecule is O=C(NCc1ccc(Cl)cc1)c1cn(CCN2CCOCC2)c2sc(CN3CCOCC3[C@@H](O)c3ccccc3)cc2c1=O. The van der Waals surface area contributed by atoms with E-state index in [-0.39, 0.29) is 23.6 Å². The Morgan fingerprint density at radius 2 is 1.77 bits per heavy atom. The van der Waals surface area contributed by atoms with Crippen LogP contribution in [-0.2, 0) is 29.1 Å². The van der Waals surface area contributed by atoms with Gasteiger partial charge in [0.25, 0.3) is 5.91 Å². The smallest absolute Gasteiger partial charge is 0.257 e. The second kappa shape index (κ2) is 14.3. The molecule has 0 radical (unpaired) electrons. The summed E-state index contributed by atoms with van der Waals surface area (Å²) >= 11 is 7.57. The van der Waals surface area contributed by atoms with E-state index in [1.165, 1.54) is 0 Å². The predicted octanol–water partition coefficient (Wildman–Crippen LogP) is 3.91. The summed E-state index contributed by atoms with van der Waals surface area (Å²) in [5.41, 5.74) is 1.59. The minimum absolute atomic E-state index is 0.126.